The summed E-state index contributed by atoms with van der Waals surface area (Å²) in [7, 11) is 1.68. The number of methoxy groups -OCH3 is 1. The molecular weight excluding hydrogens is 250 g/mol. The summed E-state index contributed by atoms with van der Waals surface area (Å²) in [5.41, 5.74) is 6.72. The van der Waals surface area contributed by atoms with E-state index in [0.29, 0.717) is 19.3 Å². The Hall–Kier alpha value is -0.690. The van der Waals surface area contributed by atoms with E-state index in [9.17, 15) is 0 Å². The van der Waals surface area contributed by atoms with E-state index >= 15 is 0 Å². The van der Waals surface area contributed by atoms with Gasteiger partial charge in [0.05, 0.1) is 25.0 Å². The molecule has 1 aliphatic heterocycles. The van der Waals surface area contributed by atoms with Crippen molar-refractivity contribution in [3.8, 4) is 0 Å². The number of hydrogen-bond acceptors (Lipinski definition) is 6. The maximum Gasteiger partial charge on any atom is 0.186 e. The molecule has 0 aromatic carbocycles. The van der Waals surface area contributed by atoms with E-state index in [1.165, 1.54) is 0 Å². The quantitative estimate of drug-likeness (QED) is 0.876. The van der Waals surface area contributed by atoms with Crippen molar-refractivity contribution in [3.05, 3.63) is 10.6 Å². The summed E-state index contributed by atoms with van der Waals surface area (Å²) in [4.78, 5) is 8.06. The van der Waals surface area contributed by atoms with Crippen molar-refractivity contribution in [3.63, 3.8) is 0 Å². The van der Waals surface area contributed by atoms with Crippen molar-refractivity contribution in [2.24, 2.45) is 5.73 Å². The summed E-state index contributed by atoms with van der Waals surface area (Å²) in [5.74, 6) is 0. The minimum Gasteiger partial charge on any atom is -0.378 e. The fourth-order valence-corrected chi connectivity index (χ4v) is 3.03. The first-order valence-corrected chi connectivity index (χ1v) is 7.14. The Morgan fingerprint density at radius 2 is 2.44 bits per heavy atom. The fraction of sp³-hybridized carbons (Fsp3) is 0.750. The standard InChI is InChI=1S/C12H21N3O2S/c1-3-9-7-15(4-5-17-9)12-14-10(8-16-2)11(6-13)18-12/h9H,3-8,13H2,1-2H3. The number of nitrogens with two attached hydrogens (primary N) is 1. The molecule has 2 rings (SSSR count). The second kappa shape index (κ2) is 6.47. The summed E-state index contributed by atoms with van der Waals surface area (Å²) in [6.45, 7) is 5.80. The molecule has 1 aromatic rings. The van der Waals surface area contributed by atoms with E-state index in [-0.39, 0.29) is 0 Å². The highest BCUT2D eigenvalue weighted by Crippen LogP contribution is 2.28. The molecule has 0 radical (unpaired) electrons. The Balaban J connectivity index is 2.12. The van der Waals surface area contributed by atoms with Crippen LogP contribution >= 0.6 is 11.3 Å². The van der Waals surface area contributed by atoms with Crippen LogP contribution in [0.5, 0.6) is 0 Å². The van der Waals surface area contributed by atoms with Gasteiger partial charge < -0.3 is 20.1 Å². The molecule has 0 bridgehead atoms. The van der Waals surface area contributed by atoms with Crippen LogP contribution in [-0.2, 0) is 22.6 Å². The van der Waals surface area contributed by atoms with Crippen molar-refractivity contribution < 1.29 is 9.47 Å². The van der Waals surface area contributed by atoms with Gasteiger partial charge in [-0.15, -0.1) is 11.3 Å². The molecule has 1 saturated heterocycles. The van der Waals surface area contributed by atoms with E-state index in [0.717, 1.165) is 41.8 Å². The molecule has 102 valence electrons. The molecule has 0 spiro atoms. The molecule has 18 heavy (non-hydrogen) atoms. The molecule has 0 saturated carbocycles. The third kappa shape index (κ3) is 3.00. The maximum atomic E-state index is 5.75. The molecule has 5 nitrogen and oxygen atoms in total. The lowest BCUT2D eigenvalue weighted by Crippen LogP contribution is -2.42. The maximum absolute atomic E-state index is 5.75. The smallest absolute Gasteiger partial charge is 0.186 e. The zero-order chi connectivity index (χ0) is 13.0. The first-order chi connectivity index (χ1) is 8.78. The van der Waals surface area contributed by atoms with E-state index in [1.54, 1.807) is 18.4 Å². The van der Waals surface area contributed by atoms with Crippen molar-refractivity contribution in [1.82, 2.24) is 4.98 Å². The number of rotatable bonds is 5. The Morgan fingerprint density at radius 1 is 1.61 bits per heavy atom. The van der Waals surface area contributed by atoms with E-state index in [2.05, 4.69) is 16.8 Å². The van der Waals surface area contributed by atoms with Crippen LogP contribution < -0.4 is 10.6 Å². The monoisotopic (exact) mass is 271 g/mol. The van der Waals surface area contributed by atoms with E-state index in [1.807, 2.05) is 0 Å². The van der Waals surface area contributed by atoms with Crippen molar-refractivity contribution in [2.75, 3.05) is 31.7 Å². The molecule has 2 N–H and O–H groups in total. The number of anilines is 1. The van der Waals surface area contributed by atoms with E-state index in [4.69, 9.17) is 15.2 Å². The highest BCUT2D eigenvalue weighted by Gasteiger charge is 2.22. The molecule has 6 heteroatoms. The van der Waals surface area contributed by atoms with Crippen LogP contribution in [0, 0.1) is 0 Å². The Bertz CT molecular complexity index is 383. The van der Waals surface area contributed by atoms with Gasteiger partial charge in [0.1, 0.15) is 0 Å². The van der Waals surface area contributed by atoms with Gasteiger partial charge in [-0.1, -0.05) is 6.92 Å². The normalized spacial score (nSPS) is 20.4. The van der Waals surface area contributed by atoms with Gasteiger partial charge in [0.15, 0.2) is 5.13 Å². The lowest BCUT2D eigenvalue weighted by atomic mass is 10.2. The number of hydrogen-bond donors (Lipinski definition) is 1. The second-order valence-electron chi connectivity index (χ2n) is 4.35. The summed E-state index contributed by atoms with van der Waals surface area (Å²) >= 11 is 1.67. The van der Waals surface area contributed by atoms with E-state index < -0.39 is 0 Å². The highest BCUT2D eigenvalue weighted by atomic mass is 32.1. The van der Waals surface area contributed by atoms with Crippen molar-refractivity contribution in [2.45, 2.75) is 32.6 Å². The molecule has 0 amide bonds. The van der Waals surface area contributed by atoms with Gasteiger partial charge in [-0.25, -0.2) is 4.98 Å². The van der Waals surface area contributed by atoms with Gasteiger partial charge in [-0.3, -0.25) is 0 Å². The average molecular weight is 271 g/mol. The summed E-state index contributed by atoms with van der Waals surface area (Å²) in [6, 6.07) is 0. The molecule has 1 unspecified atom stereocenters. The molecule has 2 heterocycles. The zero-order valence-electron chi connectivity index (χ0n) is 11.0. The van der Waals surface area contributed by atoms with Crippen LogP contribution in [-0.4, -0.2) is 37.9 Å². The molecule has 1 aliphatic rings. The van der Waals surface area contributed by atoms with Crippen LogP contribution in [0.3, 0.4) is 0 Å². The van der Waals surface area contributed by atoms with Gasteiger partial charge in [0, 0.05) is 31.6 Å². The van der Waals surface area contributed by atoms with Crippen LogP contribution in [0.4, 0.5) is 5.13 Å². The lowest BCUT2D eigenvalue weighted by molar-refractivity contribution is 0.0384. The predicted octanol–water partition coefficient (Wildman–Crippen LogP) is 1.36. The van der Waals surface area contributed by atoms with Gasteiger partial charge in [0.25, 0.3) is 0 Å². The van der Waals surface area contributed by atoms with Gasteiger partial charge in [0.2, 0.25) is 0 Å². The first-order valence-electron chi connectivity index (χ1n) is 6.32. The van der Waals surface area contributed by atoms with Crippen LogP contribution in [0.25, 0.3) is 0 Å². The van der Waals surface area contributed by atoms with Crippen LogP contribution in [0.1, 0.15) is 23.9 Å². The van der Waals surface area contributed by atoms with Gasteiger partial charge in [-0.2, -0.15) is 0 Å². The Labute approximate surface area is 112 Å². The highest BCUT2D eigenvalue weighted by molar-refractivity contribution is 7.15. The largest absolute Gasteiger partial charge is 0.378 e. The minimum atomic E-state index is 0.315. The SMILES string of the molecule is CCC1CN(c2nc(COC)c(CN)s2)CCO1. The number of morpholine rings is 1. The van der Waals surface area contributed by atoms with Crippen LogP contribution in [0.15, 0.2) is 0 Å². The second-order valence-corrected chi connectivity index (χ2v) is 5.41. The number of thiazole rings is 1. The summed E-state index contributed by atoms with van der Waals surface area (Å²) in [5, 5.41) is 1.05. The lowest BCUT2D eigenvalue weighted by Gasteiger charge is -2.32. The fourth-order valence-electron chi connectivity index (χ4n) is 2.05. The van der Waals surface area contributed by atoms with Crippen molar-refractivity contribution in [1.29, 1.82) is 0 Å². The molecule has 1 aromatic heterocycles. The summed E-state index contributed by atoms with van der Waals surface area (Å²) in [6.07, 6.45) is 1.35. The Kier molecular flexibility index (Phi) is 4.94. The van der Waals surface area contributed by atoms with Crippen molar-refractivity contribution >= 4 is 16.5 Å². The number of aromatic nitrogens is 1. The molecular formula is C12H21N3O2S. The molecule has 0 aliphatic carbocycles. The molecule has 1 atom stereocenters. The van der Waals surface area contributed by atoms with Crippen LogP contribution in [0.2, 0.25) is 0 Å². The topological polar surface area (TPSA) is 60.6 Å². The van der Waals surface area contributed by atoms with Gasteiger partial charge in [-0.05, 0) is 6.42 Å². The first kappa shape index (κ1) is 13.7. The predicted molar refractivity (Wildman–Crippen MR) is 73.0 cm³/mol. The Morgan fingerprint density at radius 3 is 3.11 bits per heavy atom. The zero-order valence-corrected chi connectivity index (χ0v) is 11.8. The number of ether oxygens (including phenoxy) is 2. The van der Waals surface area contributed by atoms with Gasteiger partial charge >= 0.3 is 0 Å². The summed E-state index contributed by atoms with van der Waals surface area (Å²) < 4.78 is 10.8. The molecule has 1 fully saturated rings. The minimum absolute atomic E-state index is 0.315. The average Bonchev–Trinajstić information content (AvgIpc) is 2.82. The third-order valence-corrected chi connectivity index (χ3v) is 4.28. The third-order valence-electron chi connectivity index (χ3n) is 3.10. The number of nitrogens with zero attached hydrogens (tertiary/aromatic N) is 2.